The first-order valence-electron chi connectivity index (χ1n) is 9.10. The lowest BCUT2D eigenvalue weighted by Crippen LogP contribution is -2.31. The van der Waals surface area contributed by atoms with Crippen LogP contribution in [0.2, 0.25) is 0 Å². The largest absolute Gasteiger partial charge is 0.448 e. The molecule has 2 aromatic rings. The Kier molecular flexibility index (Phi) is 5.87. The third-order valence-electron chi connectivity index (χ3n) is 4.97. The molecule has 28 heavy (non-hydrogen) atoms. The molecule has 0 saturated heterocycles. The Balaban J connectivity index is 1.80. The summed E-state index contributed by atoms with van der Waals surface area (Å²) in [6, 6.07) is 12.6. The van der Waals surface area contributed by atoms with Crippen molar-refractivity contribution in [2.75, 3.05) is 5.32 Å². The van der Waals surface area contributed by atoms with Crippen LogP contribution in [0.3, 0.4) is 0 Å². The molecule has 1 aliphatic heterocycles. The number of hydrogen-bond acceptors (Lipinski definition) is 5. The van der Waals surface area contributed by atoms with Crippen molar-refractivity contribution in [3.8, 4) is 0 Å². The highest BCUT2D eigenvalue weighted by Crippen LogP contribution is 2.32. The van der Waals surface area contributed by atoms with E-state index in [9.17, 15) is 13.2 Å². The van der Waals surface area contributed by atoms with Gasteiger partial charge in [0.05, 0.1) is 4.90 Å². The van der Waals surface area contributed by atoms with E-state index >= 15 is 0 Å². The van der Waals surface area contributed by atoms with E-state index in [4.69, 9.17) is 4.74 Å². The minimum absolute atomic E-state index is 0.0746. The normalized spacial score (nSPS) is 17.5. The first-order chi connectivity index (χ1) is 13.1. The number of nitrogens with one attached hydrogen (secondary N) is 1. The lowest BCUT2D eigenvalue weighted by molar-refractivity contribution is -0.130. The third kappa shape index (κ3) is 4.41. The van der Waals surface area contributed by atoms with Crippen molar-refractivity contribution in [3.63, 3.8) is 0 Å². The topological polar surface area (TPSA) is 72.5 Å². The maximum Gasteiger partial charge on any atom is 0.294 e. The van der Waals surface area contributed by atoms with Gasteiger partial charge in [-0.3, -0.25) is 4.79 Å². The molecule has 0 aromatic heterocycles. The van der Waals surface area contributed by atoms with Gasteiger partial charge >= 0.3 is 0 Å². The molecule has 1 N–H and O–H groups in total. The minimum Gasteiger partial charge on any atom is -0.448 e. The molecular weight excluding hydrogens is 442 g/mol. The van der Waals surface area contributed by atoms with E-state index in [0.717, 1.165) is 21.3 Å². The number of halogens is 1. The van der Waals surface area contributed by atoms with Crippen LogP contribution < -0.4 is 5.32 Å². The van der Waals surface area contributed by atoms with E-state index in [1.54, 1.807) is 12.1 Å². The fraction of sp³-hybridized carbons (Fsp3) is 0.381. The van der Waals surface area contributed by atoms with Gasteiger partial charge in [0.2, 0.25) is 15.3 Å². The van der Waals surface area contributed by atoms with Crippen LogP contribution in [0, 0.1) is 0 Å². The first-order valence-corrected chi connectivity index (χ1v) is 11.4. The number of benzene rings is 2. The minimum atomic E-state index is -3.81. The molecule has 0 fully saturated rings. The van der Waals surface area contributed by atoms with Gasteiger partial charge in [-0.15, -0.1) is 0 Å². The molecule has 2 unspecified atom stereocenters. The van der Waals surface area contributed by atoms with Gasteiger partial charge in [-0.2, -0.15) is 0 Å². The molecule has 0 spiro atoms. The number of fused-ring (bicyclic) bond motifs is 1. The second-order valence-electron chi connectivity index (χ2n) is 8.06. The summed E-state index contributed by atoms with van der Waals surface area (Å²) in [6.45, 7) is 6.41. The Bertz CT molecular complexity index is 965. The van der Waals surface area contributed by atoms with Gasteiger partial charge in [-0.1, -0.05) is 48.8 Å². The van der Waals surface area contributed by atoms with Crippen LogP contribution in [0.5, 0.6) is 0 Å². The molecule has 1 heterocycles. The van der Waals surface area contributed by atoms with Crippen molar-refractivity contribution >= 4 is 37.9 Å². The lowest BCUT2D eigenvalue weighted by atomic mass is 9.87. The summed E-state index contributed by atoms with van der Waals surface area (Å²) >= 11 is 3.45. The maximum absolute atomic E-state index is 13.1. The monoisotopic (exact) mass is 465 g/mol. The van der Waals surface area contributed by atoms with Crippen LogP contribution in [0.25, 0.3) is 0 Å². The van der Waals surface area contributed by atoms with E-state index in [2.05, 4.69) is 42.0 Å². The Labute approximate surface area is 174 Å². The highest BCUT2D eigenvalue weighted by molar-refractivity contribution is 9.10. The Morgan fingerprint density at radius 1 is 1.21 bits per heavy atom. The number of rotatable bonds is 6. The first kappa shape index (κ1) is 20.9. The zero-order chi connectivity index (χ0) is 20.5. The van der Waals surface area contributed by atoms with Crippen LogP contribution in [0.4, 0.5) is 5.69 Å². The van der Waals surface area contributed by atoms with Crippen molar-refractivity contribution in [1.82, 2.24) is 0 Å². The molecule has 0 bridgehead atoms. The molecule has 2 atom stereocenters. The molecule has 0 amide bonds. The summed E-state index contributed by atoms with van der Waals surface area (Å²) in [5, 5.41) is 3.32. The van der Waals surface area contributed by atoms with Crippen LogP contribution in [-0.4, -0.2) is 26.4 Å². The van der Waals surface area contributed by atoms with E-state index in [0.29, 0.717) is 6.42 Å². The van der Waals surface area contributed by atoms with Crippen LogP contribution in [0.15, 0.2) is 51.8 Å². The standard InChI is InChI=1S/C21H24BrNO4S/c1-21(2,3)15-4-7-18(8-5-15)28(25,26)20(27-13-24)12-17-11-14-10-16(22)6-9-19(14)23-17/h4-10,13,17,20,23H,11-12H2,1-3H3. The Hall–Kier alpha value is -1.86. The molecule has 0 aliphatic carbocycles. The fourth-order valence-electron chi connectivity index (χ4n) is 3.40. The van der Waals surface area contributed by atoms with Crippen LogP contribution in [-0.2, 0) is 31.2 Å². The Morgan fingerprint density at radius 2 is 1.89 bits per heavy atom. The average molecular weight is 466 g/mol. The van der Waals surface area contributed by atoms with Gasteiger partial charge < -0.3 is 10.1 Å². The molecule has 7 heteroatoms. The van der Waals surface area contributed by atoms with E-state index in [1.807, 2.05) is 30.3 Å². The predicted octanol–water partition coefficient (Wildman–Crippen LogP) is 4.45. The smallest absolute Gasteiger partial charge is 0.294 e. The quantitative estimate of drug-likeness (QED) is 0.638. The molecular formula is C21H24BrNO4S. The summed E-state index contributed by atoms with van der Waals surface area (Å²) in [4.78, 5) is 11.2. The van der Waals surface area contributed by atoms with Crippen molar-refractivity contribution in [2.45, 2.75) is 55.4 Å². The van der Waals surface area contributed by atoms with Gasteiger partial charge in [0.15, 0.2) is 0 Å². The second-order valence-corrected chi connectivity index (χ2v) is 11.1. The van der Waals surface area contributed by atoms with E-state index in [1.165, 1.54) is 0 Å². The van der Waals surface area contributed by atoms with Crippen LogP contribution in [0.1, 0.15) is 38.3 Å². The predicted molar refractivity (Wildman–Crippen MR) is 113 cm³/mol. The number of carbonyl (C=O) groups excluding carboxylic acids is 1. The number of anilines is 1. The van der Waals surface area contributed by atoms with E-state index in [-0.39, 0.29) is 29.2 Å². The van der Waals surface area contributed by atoms with Crippen molar-refractivity contribution < 1.29 is 17.9 Å². The zero-order valence-corrected chi connectivity index (χ0v) is 18.5. The number of carbonyl (C=O) groups is 1. The summed E-state index contributed by atoms with van der Waals surface area (Å²) in [7, 11) is -3.81. The highest BCUT2D eigenvalue weighted by Gasteiger charge is 2.34. The molecule has 0 radical (unpaired) electrons. The van der Waals surface area contributed by atoms with Gasteiger partial charge in [0.1, 0.15) is 0 Å². The highest BCUT2D eigenvalue weighted by atomic mass is 79.9. The number of hydrogen-bond donors (Lipinski definition) is 1. The third-order valence-corrected chi connectivity index (χ3v) is 7.39. The molecule has 1 aliphatic rings. The fourth-order valence-corrected chi connectivity index (χ4v) is 5.30. The van der Waals surface area contributed by atoms with Crippen LogP contribution >= 0.6 is 15.9 Å². The zero-order valence-electron chi connectivity index (χ0n) is 16.1. The Morgan fingerprint density at radius 3 is 2.50 bits per heavy atom. The number of ether oxygens (including phenoxy) is 1. The summed E-state index contributed by atoms with van der Waals surface area (Å²) in [5.41, 5.74) is 1.81. The molecule has 0 saturated carbocycles. The number of sulfone groups is 1. The van der Waals surface area contributed by atoms with Gasteiger partial charge in [0.25, 0.3) is 6.47 Å². The summed E-state index contributed by atoms with van der Waals surface area (Å²) in [5.74, 6) is 0. The summed E-state index contributed by atoms with van der Waals surface area (Å²) < 4.78 is 32.2. The van der Waals surface area contributed by atoms with Crippen molar-refractivity contribution in [3.05, 3.63) is 58.1 Å². The molecule has 3 rings (SSSR count). The van der Waals surface area contributed by atoms with Crippen molar-refractivity contribution in [1.29, 1.82) is 0 Å². The van der Waals surface area contributed by atoms with Gasteiger partial charge in [0, 0.05) is 22.6 Å². The molecule has 150 valence electrons. The summed E-state index contributed by atoms with van der Waals surface area (Å²) in [6.07, 6.45) is 0.848. The van der Waals surface area contributed by atoms with Gasteiger partial charge in [-0.25, -0.2) is 8.42 Å². The van der Waals surface area contributed by atoms with Gasteiger partial charge in [-0.05, 0) is 53.3 Å². The second kappa shape index (κ2) is 7.87. The average Bonchev–Trinajstić information content (AvgIpc) is 3.02. The SMILES string of the molecule is CC(C)(C)c1ccc(S(=O)(=O)C(CC2Cc3cc(Br)ccc3N2)OC=O)cc1. The van der Waals surface area contributed by atoms with Crippen molar-refractivity contribution in [2.24, 2.45) is 0 Å². The maximum atomic E-state index is 13.1. The molecule has 5 nitrogen and oxygen atoms in total. The molecule has 2 aromatic carbocycles. The lowest BCUT2D eigenvalue weighted by Gasteiger charge is -2.22. The van der Waals surface area contributed by atoms with E-state index < -0.39 is 15.3 Å².